The second kappa shape index (κ2) is 5.74. The van der Waals surface area contributed by atoms with Crippen LogP contribution in [0.5, 0.6) is 0 Å². The number of amides is 1. The van der Waals surface area contributed by atoms with Crippen molar-refractivity contribution in [1.82, 2.24) is 0 Å². The summed E-state index contributed by atoms with van der Waals surface area (Å²) in [5, 5.41) is 11.9. The number of carbonyl (C=O) groups is 2. The number of rotatable bonds is 3. The summed E-state index contributed by atoms with van der Waals surface area (Å²) < 4.78 is 0.911. The molecule has 0 radical (unpaired) electrons. The second-order valence-corrected chi connectivity index (χ2v) is 6.50. The lowest BCUT2D eigenvalue weighted by Gasteiger charge is -2.26. The van der Waals surface area contributed by atoms with Crippen LogP contribution in [0.15, 0.2) is 22.7 Å². The van der Waals surface area contributed by atoms with E-state index in [9.17, 15) is 14.7 Å². The Morgan fingerprint density at radius 2 is 1.89 bits per heavy atom. The third-order valence-corrected chi connectivity index (χ3v) is 3.31. The molecule has 1 atom stereocenters. The molecular weight excluding hydrogens is 310 g/mol. The number of aliphatic carboxylic acids is 1. The van der Waals surface area contributed by atoms with E-state index in [4.69, 9.17) is 0 Å². The maximum absolute atomic E-state index is 12.1. The summed E-state index contributed by atoms with van der Waals surface area (Å²) in [7, 11) is 0. The minimum Gasteiger partial charge on any atom is -0.481 e. The highest BCUT2D eigenvalue weighted by molar-refractivity contribution is 9.10. The molecule has 0 saturated heterocycles. The summed E-state index contributed by atoms with van der Waals surface area (Å²) in [6.45, 7) is 7.06. The van der Waals surface area contributed by atoms with Crippen molar-refractivity contribution in [3.05, 3.63) is 28.2 Å². The van der Waals surface area contributed by atoms with Crippen LogP contribution in [0.25, 0.3) is 0 Å². The van der Waals surface area contributed by atoms with Crippen molar-refractivity contribution < 1.29 is 14.7 Å². The molecule has 5 heteroatoms. The highest BCUT2D eigenvalue weighted by Gasteiger charge is 2.37. The number of nitrogens with one attached hydrogen (secondary N) is 1. The number of aryl methyl sites for hydroxylation is 1. The van der Waals surface area contributed by atoms with Crippen molar-refractivity contribution in [1.29, 1.82) is 0 Å². The van der Waals surface area contributed by atoms with Crippen molar-refractivity contribution >= 4 is 33.5 Å². The average molecular weight is 328 g/mol. The molecule has 0 saturated carbocycles. The summed E-state index contributed by atoms with van der Waals surface area (Å²) in [6, 6.07) is 5.41. The zero-order chi connectivity index (χ0) is 14.8. The number of halogens is 1. The Morgan fingerprint density at radius 1 is 1.32 bits per heavy atom. The van der Waals surface area contributed by atoms with Crippen LogP contribution in [-0.2, 0) is 9.59 Å². The van der Waals surface area contributed by atoms with Crippen molar-refractivity contribution in [3.8, 4) is 0 Å². The van der Waals surface area contributed by atoms with E-state index in [0.717, 1.165) is 10.0 Å². The second-order valence-electron chi connectivity index (χ2n) is 5.59. The Kier molecular flexibility index (Phi) is 4.74. The standard InChI is InChI=1S/C14H18BrNO3/c1-8-7-9(15)5-6-10(8)16-12(17)11(13(18)19)14(2,3)4/h5-7,11H,1-4H3,(H,16,17)(H,18,19). The molecule has 0 aliphatic rings. The molecule has 0 heterocycles. The summed E-state index contributed by atoms with van der Waals surface area (Å²) in [5.74, 6) is -2.69. The van der Waals surface area contributed by atoms with Gasteiger partial charge in [0.15, 0.2) is 0 Å². The topological polar surface area (TPSA) is 66.4 Å². The van der Waals surface area contributed by atoms with Gasteiger partial charge >= 0.3 is 5.97 Å². The molecule has 19 heavy (non-hydrogen) atoms. The maximum Gasteiger partial charge on any atom is 0.316 e. The smallest absolute Gasteiger partial charge is 0.316 e. The van der Waals surface area contributed by atoms with Gasteiger partial charge in [0.1, 0.15) is 5.92 Å². The maximum atomic E-state index is 12.1. The van der Waals surface area contributed by atoms with E-state index in [1.165, 1.54) is 0 Å². The number of carboxylic acid groups (broad SMARTS) is 1. The van der Waals surface area contributed by atoms with Crippen molar-refractivity contribution in [2.75, 3.05) is 5.32 Å². The lowest BCUT2D eigenvalue weighted by atomic mass is 9.80. The van der Waals surface area contributed by atoms with Crippen molar-refractivity contribution in [3.63, 3.8) is 0 Å². The van der Waals surface area contributed by atoms with Crippen LogP contribution < -0.4 is 5.32 Å². The average Bonchev–Trinajstić information content (AvgIpc) is 2.19. The van der Waals surface area contributed by atoms with Crippen molar-refractivity contribution in [2.45, 2.75) is 27.7 Å². The molecule has 2 N–H and O–H groups in total. The monoisotopic (exact) mass is 327 g/mol. The summed E-state index contributed by atoms with van der Waals surface area (Å²) in [4.78, 5) is 23.4. The molecule has 1 aromatic carbocycles. The van der Waals surface area contributed by atoms with Crippen LogP contribution >= 0.6 is 15.9 Å². The predicted octanol–water partition coefficient (Wildman–Crippen LogP) is 3.44. The van der Waals surface area contributed by atoms with Crippen LogP contribution in [0.3, 0.4) is 0 Å². The molecule has 1 rings (SSSR count). The van der Waals surface area contributed by atoms with Crippen LogP contribution in [0.2, 0.25) is 0 Å². The van der Waals surface area contributed by atoms with E-state index >= 15 is 0 Å². The molecule has 0 aromatic heterocycles. The van der Waals surface area contributed by atoms with Gasteiger partial charge in [-0.05, 0) is 36.1 Å². The minimum absolute atomic E-state index is 0.495. The van der Waals surface area contributed by atoms with Gasteiger partial charge in [-0.15, -0.1) is 0 Å². The number of carbonyl (C=O) groups excluding carboxylic acids is 1. The van der Waals surface area contributed by atoms with Gasteiger partial charge < -0.3 is 10.4 Å². The highest BCUT2D eigenvalue weighted by atomic mass is 79.9. The zero-order valence-corrected chi connectivity index (χ0v) is 13.0. The quantitative estimate of drug-likeness (QED) is 0.835. The molecule has 0 aliphatic carbocycles. The third kappa shape index (κ3) is 4.06. The number of carboxylic acids is 1. The zero-order valence-electron chi connectivity index (χ0n) is 11.5. The number of hydrogen-bond donors (Lipinski definition) is 2. The van der Waals surface area contributed by atoms with E-state index in [1.54, 1.807) is 32.9 Å². The van der Waals surface area contributed by atoms with E-state index in [0.29, 0.717) is 5.69 Å². The van der Waals surface area contributed by atoms with Crippen molar-refractivity contribution in [2.24, 2.45) is 11.3 Å². The first-order valence-corrected chi connectivity index (χ1v) is 6.72. The Hall–Kier alpha value is -1.36. The fourth-order valence-corrected chi connectivity index (χ4v) is 2.32. The molecule has 4 nitrogen and oxygen atoms in total. The largest absolute Gasteiger partial charge is 0.481 e. The fourth-order valence-electron chi connectivity index (χ4n) is 1.85. The molecule has 0 fully saturated rings. The third-order valence-electron chi connectivity index (χ3n) is 2.82. The lowest BCUT2D eigenvalue weighted by Crippen LogP contribution is -2.39. The fraction of sp³-hybridized carbons (Fsp3) is 0.429. The first-order chi connectivity index (χ1) is 8.62. The van der Waals surface area contributed by atoms with Gasteiger partial charge in [0, 0.05) is 10.2 Å². The summed E-state index contributed by atoms with van der Waals surface area (Å²) >= 11 is 3.34. The molecule has 0 spiro atoms. The number of anilines is 1. The van der Waals surface area contributed by atoms with Gasteiger partial charge in [0.2, 0.25) is 5.91 Å². The van der Waals surface area contributed by atoms with Crippen LogP contribution in [0, 0.1) is 18.3 Å². The predicted molar refractivity (Wildman–Crippen MR) is 78.1 cm³/mol. The van der Waals surface area contributed by atoms with Crippen LogP contribution in [-0.4, -0.2) is 17.0 Å². The Labute approximate surface area is 121 Å². The molecule has 1 unspecified atom stereocenters. The van der Waals surface area contributed by atoms with E-state index in [-0.39, 0.29) is 0 Å². The molecular formula is C14H18BrNO3. The molecule has 0 aliphatic heterocycles. The van der Waals surface area contributed by atoms with Gasteiger partial charge in [0.05, 0.1) is 0 Å². The highest BCUT2D eigenvalue weighted by Crippen LogP contribution is 2.28. The van der Waals surface area contributed by atoms with E-state index < -0.39 is 23.2 Å². The Morgan fingerprint density at radius 3 is 2.32 bits per heavy atom. The van der Waals surface area contributed by atoms with Gasteiger partial charge in [-0.3, -0.25) is 9.59 Å². The Bertz CT molecular complexity index is 506. The van der Waals surface area contributed by atoms with E-state index in [2.05, 4.69) is 21.2 Å². The lowest BCUT2D eigenvalue weighted by molar-refractivity contribution is -0.149. The first-order valence-electron chi connectivity index (χ1n) is 5.92. The minimum atomic E-state index is -1.11. The number of hydrogen-bond acceptors (Lipinski definition) is 2. The molecule has 1 aromatic rings. The number of benzene rings is 1. The Balaban J connectivity index is 2.97. The van der Waals surface area contributed by atoms with Crippen LogP contribution in [0.4, 0.5) is 5.69 Å². The SMILES string of the molecule is Cc1cc(Br)ccc1NC(=O)C(C(=O)O)C(C)(C)C. The molecule has 0 bridgehead atoms. The van der Waals surface area contributed by atoms with Gasteiger partial charge in [-0.25, -0.2) is 0 Å². The summed E-state index contributed by atoms with van der Waals surface area (Å²) in [6.07, 6.45) is 0. The normalized spacial score (nSPS) is 12.9. The first kappa shape index (κ1) is 15.7. The summed E-state index contributed by atoms with van der Waals surface area (Å²) in [5.41, 5.74) is 0.864. The van der Waals surface area contributed by atoms with E-state index in [1.807, 2.05) is 13.0 Å². The van der Waals surface area contributed by atoms with Gasteiger partial charge in [-0.2, -0.15) is 0 Å². The molecule has 1 amide bonds. The molecule has 104 valence electrons. The van der Waals surface area contributed by atoms with Crippen LogP contribution in [0.1, 0.15) is 26.3 Å². The van der Waals surface area contributed by atoms with Gasteiger partial charge in [0.25, 0.3) is 0 Å². The van der Waals surface area contributed by atoms with Gasteiger partial charge in [-0.1, -0.05) is 36.7 Å².